The van der Waals surface area contributed by atoms with E-state index >= 15 is 0 Å². The number of unbranched alkanes of at least 4 members (excludes halogenated alkanes) is 14. The Morgan fingerprint density at radius 1 is 0.756 bits per heavy atom. The molecule has 0 saturated heterocycles. The number of methoxy groups -OCH3 is 2. The number of ether oxygens (including phenoxy) is 3. The van der Waals surface area contributed by atoms with Gasteiger partial charge in [0.1, 0.15) is 11.5 Å². The van der Waals surface area contributed by atoms with E-state index in [-0.39, 0.29) is 12.5 Å². The van der Waals surface area contributed by atoms with Crippen LogP contribution < -0.4 is 20.2 Å². The van der Waals surface area contributed by atoms with Crippen molar-refractivity contribution in [3.8, 4) is 11.5 Å². The lowest BCUT2D eigenvalue weighted by Crippen LogP contribution is -2.19. The van der Waals surface area contributed by atoms with Gasteiger partial charge in [0.15, 0.2) is 6.61 Å². The molecule has 2 aromatic carbocycles. The molecule has 0 heterocycles. The highest BCUT2D eigenvalue weighted by Crippen LogP contribution is 2.24. The fraction of sp³-hybridized carbons (Fsp3) is 0.556. The maximum atomic E-state index is 12.7. The molecule has 2 N–H and O–H groups in total. The topological polar surface area (TPSA) is 115 Å². The number of hydrazone groups is 1. The zero-order chi connectivity index (χ0) is 32.5. The predicted octanol–water partition coefficient (Wildman–Crippen LogP) is 8.21. The van der Waals surface area contributed by atoms with Crippen LogP contribution >= 0.6 is 0 Å². The molecule has 0 unspecified atom stereocenters. The Balaban J connectivity index is 1.62. The molecule has 0 saturated carbocycles. The van der Waals surface area contributed by atoms with Crippen molar-refractivity contribution in [2.75, 3.05) is 26.1 Å². The van der Waals surface area contributed by atoms with Crippen molar-refractivity contribution >= 4 is 29.7 Å². The normalized spacial score (nSPS) is 10.9. The van der Waals surface area contributed by atoms with Gasteiger partial charge < -0.3 is 19.5 Å². The highest BCUT2D eigenvalue weighted by molar-refractivity contribution is 5.99. The number of benzene rings is 2. The number of amides is 2. The lowest BCUT2D eigenvalue weighted by molar-refractivity contribution is -0.142. The Labute approximate surface area is 269 Å². The van der Waals surface area contributed by atoms with Crippen molar-refractivity contribution in [3.63, 3.8) is 0 Å². The summed E-state index contributed by atoms with van der Waals surface area (Å²) in [6.07, 6.45) is 21.3. The molecule has 0 aliphatic heterocycles. The summed E-state index contributed by atoms with van der Waals surface area (Å²) in [5, 5.41) is 6.91. The van der Waals surface area contributed by atoms with E-state index in [0.29, 0.717) is 29.2 Å². The van der Waals surface area contributed by atoms with Crippen molar-refractivity contribution in [1.82, 2.24) is 5.43 Å². The number of carbonyl (C=O) groups excluding carboxylic acids is 3. The van der Waals surface area contributed by atoms with Gasteiger partial charge in [-0.3, -0.25) is 9.59 Å². The highest BCUT2D eigenvalue weighted by Gasteiger charge is 2.13. The van der Waals surface area contributed by atoms with Crippen LogP contribution in [0.2, 0.25) is 0 Å². The number of esters is 1. The van der Waals surface area contributed by atoms with Crippen LogP contribution in [0.25, 0.3) is 0 Å². The first-order valence-electron chi connectivity index (χ1n) is 16.6. The molecule has 0 aromatic heterocycles. The first kappa shape index (κ1) is 37.3. The summed E-state index contributed by atoms with van der Waals surface area (Å²) in [7, 11) is 2.77. The maximum Gasteiger partial charge on any atom is 0.343 e. The number of carbonyl (C=O) groups is 3. The molecule has 0 fully saturated rings. The van der Waals surface area contributed by atoms with Gasteiger partial charge in [0.2, 0.25) is 5.91 Å². The van der Waals surface area contributed by atoms with Gasteiger partial charge in [-0.15, -0.1) is 0 Å². The molecule has 0 aliphatic rings. The molecule has 0 bridgehead atoms. The summed E-state index contributed by atoms with van der Waals surface area (Å²) >= 11 is 0. The minimum absolute atomic E-state index is 0.0461. The van der Waals surface area contributed by atoms with Crippen molar-refractivity contribution in [2.45, 2.75) is 110 Å². The minimum atomic E-state index is -0.468. The Morgan fingerprint density at radius 2 is 1.33 bits per heavy atom. The van der Waals surface area contributed by atoms with Crippen LogP contribution in [0.5, 0.6) is 11.5 Å². The number of anilines is 1. The monoisotopic (exact) mass is 623 g/mol. The largest absolute Gasteiger partial charge is 0.496 e. The second kappa shape index (κ2) is 23.5. The molecule has 0 radical (unpaired) electrons. The molecule has 9 heteroatoms. The standard InChI is InChI=1S/C36H53N3O6/c1-4-5-6-7-8-9-10-11-12-13-14-15-16-17-18-19-34(40)38-30-22-25-32(33(26-30)43-2)36(42)39-37-27-29-20-23-31(24-21-29)45-28-35(41)44-3/h20-27H,4-19,28H2,1-3H3,(H,38,40)(H,39,42)/b37-27+. The van der Waals surface area contributed by atoms with Crippen LogP contribution in [0.1, 0.15) is 126 Å². The summed E-state index contributed by atoms with van der Waals surface area (Å²) in [6, 6.07) is 11.7. The Hall–Kier alpha value is -3.88. The fourth-order valence-corrected chi connectivity index (χ4v) is 4.91. The van der Waals surface area contributed by atoms with Crippen LogP contribution in [0, 0.1) is 0 Å². The van der Waals surface area contributed by atoms with E-state index in [4.69, 9.17) is 9.47 Å². The van der Waals surface area contributed by atoms with Gasteiger partial charge in [0, 0.05) is 18.2 Å². The van der Waals surface area contributed by atoms with Crippen molar-refractivity contribution < 1.29 is 28.6 Å². The zero-order valence-electron chi connectivity index (χ0n) is 27.5. The summed E-state index contributed by atoms with van der Waals surface area (Å²) in [5.41, 5.74) is 4.08. The van der Waals surface area contributed by atoms with Gasteiger partial charge in [0.05, 0.1) is 26.0 Å². The average molecular weight is 624 g/mol. The zero-order valence-corrected chi connectivity index (χ0v) is 27.5. The second-order valence-corrected chi connectivity index (χ2v) is 11.3. The van der Waals surface area contributed by atoms with Gasteiger partial charge >= 0.3 is 5.97 Å². The summed E-state index contributed by atoms with van der Waals surface area (Å²) in [5.74, 6) is -0.121. The Kier molecular flexibility index (Phi) is 19.5. The van der Waals surface area contributed by atoms with E-state index in [0.717, 1.165) is 18.4 Å². The molecule has 0 aliphatic carbocycles. The number of hydrogen-bond donors (Lipinski definition) is 2. The smallest absolute Gasteiger partial charge is 0.343 e. The van der Waals surface area contributed by atoms with Crippen LogP contribution in [0.3, 0.4) is 0 Å². The Bertz CT molecular complexity index is 1170. The van der Waals surface area contributed by atoms with Crippen LogP contribution in [-0.4, -0.2) is 44.8 Å². The van der Waals surface area contributed by atoms with Gasteiger partial charge in [-0.2, -0.15) is 5.10 Å². The van der Waals surface area contributed by atoms with Crippen LogP contribution in [0.4, 0.5) is 5.69 Å². The average Bonchev–Trinajstić information content (AvgIpc) is 3.05. The second-order valence-electron chi connectivity index (χ2n) is 11.3. The number of nitrogens with one attached hydrogen (secondary N) is 2. The van der Waals surface area contributed by atoms with Gasteiger partial charge in [0.25, 0.3) is 5.91 Å². The SMILES string of the molecule is CCCCCCCCCCCCCCCCCC(=O)Nc1ccc(C(=O)N/N=C/c2ccc(OCC(=O)OC)cc2)c(OC)c1. The maximum absolute atomic E-state index is 12.7. The summed E-state index contributed by atoms with van der Waals surface area (Å²) in [4.78, 5) is 36.3. The number of rotatable bonds is 24. The third kappa shape index (κ3) is 16.7. The highest BCUT2D eigenvalue weighted by atomic mass is 16.6. The third-order valence-corrected chi connectivity index (χ3v) is 7.58. The minimum Gasteiger partial charge on any atom is -0.496 e. The van der Waals surface area contributed by atoms with Gasteiger partial charge in [-0.05, 0) is 48.4 Å². The third-order valence-electron chi connectivity index (χ3n) is 7.58. The molecule has 0 atom stereocenters. The summed E-state index contributed by atoms with van der Waals surface area (Å²) < 4.78 is 15.2. The van der Waals surface area contributed by atoms with E-state index in [1.807, 2.05) is 0 Å². The molecule has 2 rings (SSSR count). The number of hydrogen-bond acceptors (Lipinski definition) is 7. The first-order chi connectivity index (χ1) is 22.0. The van der Waals surface area contributed by atoms with Crippen molar-refractivity contribution in [2.24, 2.45) is 5.10 Å². The lowest BCUT2D eigenvalue weighted by atomic mass is 10.0. The molecule has 0 spiro atoms. The first-order valence-corrected chi connectivity index (χ1v) is 16.6. The molecule has 2 aromatic rings. The summed E-state index contributed by atoms with van der Waals surface area (Å²) in [6.45, 7) is 2.09. The Morgan fingerprint density at radius 3 is 1.89 bits per heavy atom. The van der Waals surface area contributed by atoms with Crippen LogP contribution in [-0.2, 0) is 14.3 Å². The molecule has 45 heavy (non-hydrogen) atoms. The van der Waals surface area contributed by atoms with E-state index in [2.05, 4.69) is 27.5 Å². The van der Waals surface area contributed by atoms with Crippen molar-refractivity contribution in [1.29, 1.82) is 0 Å². The molecular formula is C36H53N3O6. The van der Waals surface area contributed by atoms with E-state index in [1.54, 1.807) is 42.5 Å². The van der Waals surface area contributed by atoms with E-state index < -0.39 is 11.9 Å². The lowest BCUT2D eigenvalue weighted by Gasteiger charge is -2.11. The fourth-order valence-electron chi connectivity index (χ4n) is 4.91. The van der Waals surface area contributed by atoms with Gasteiger partial charge in [-0.1, -0.05) is 96.8 Å². The van der Waals surface area contributed by atoms with Crippen LogP contribution in [0.15, 0.2) is 47.6 Å². The number of nitrogens with zero attached hydrogens (tertiary/aromatic N) is 1. The van der Waals surface area contributed by atoms with E-state index in [1.165, 1.54) is 104 Å². The molecule has 2 amide bonds. The quantitative estimate of drug-likeness (QED) is 0.0527. The van der Waals surface area contributed by atoms with Crippen molar-refractivity contribution in [3.05, 3.63) is 53.6 Å². The molecular weight excluding hydrogens is 570 g/mol. The molecule has 248 valence electrons. The van der Waals surface area contributed by atoms with Gasteiger partial charge in [-0.25, -0.2) is 10.2 Å². The molecule has 9 nitrogen and oxygen atoms in total. The van der Waals surface area contributed by atoms with E-state index in [9.17, 15) is 14.4 Å². The predicted molar refractivity (Wildman–Crippen MR) is 180 cm³/mol.